The Bertz CT molecular complexity index is 997. The van der Waals surface area contributed by atoms with Crippen molar-refractivity contribution < 1.29 is 14.6 Å². The summed E-state index contributed by atoms with van der Waals surface area (Å²) < 4.78 is 5.19. The van der Waals surface area contributed by atoms with Gasteiger partial charge in [0.2, 0.25) is 0 Å². The average molecular weight is 394 g/mol. The lowest BCUT2D eigenvalue weighted by atomic mass is 9.97. The zero-order chi connectivity index (χ0) is 20.4. The zero-order valence-corrected chi connectivity index (χ0v) is 16.8. The highest BCUT2D eigenvalue weighted by atomic mass is 16.5. The van der Waals surface area contributed by atoms with E-state index in [0.29, 0.717) is 25.4 Å². The van der Waals surface area contributed by atoms with Crippen LogP contribution in [0, 0.1) is 12.8 Å². The lowest BCUT2D eigenvalue weighted by molar-refractivity contribution is -0.150. The lowest BCUT2D eigenvalue weighted by Gasteiger charge is -2.31. The third-order valence-electron chi connectivity index (χ3n) is 5.44. The number of carbonyl (C=O) groups excluding carboxylic acids is 1. The molecule has 29 heavy (non-hydrogen) atoms. The number of hydrogen-bond acceptors (Lipinski definition) is 6. The van der Waals surface area contributed by atoms with Gasteiger partial charge in [-0.1, -0.05) is 24.3 Å². The Hall–Kier alpha value is -2.93. The van der Waals surface area contributed by atoms with Gasteiger partial charge in [-0.15, -0.1) is 15.0 Å². The number of aryl methyl sites for hydroxylation is 1. The Labute approximate surface area is 169 Å². The summed E-state index contributed by atoms with van der Waals surface area (Å²) in [5, 5.41) is 20.1. The van der Waals surface area contributed by atoms with E-state index in [1.807, 2.05) is 50.2 Å². The number of rotatable bonds is 5. The van der Waals surface area contributed by atoms with Crippen molar-refractivity contribution in [3.8, 4) is 11.4 Å². The molecule has 3 aromatic rings. The van der Waals surface area contributed by atoms with E-state index < -0.39 is 0 Å². The van der Waals surface area contributed by atoms with Crippen molar-refractivity contribution in [3.63, 3.8) is 0 Å². The number of carbonyl (C=O) groups is 1. The summed E-state index contributed by atoms with van der Waals surface area (Å²) in [6, 6.07) is 11.6. The fourth-order valence-corrected chi connectivity index (χ4v) is 3.95. The van der Waals surface area contributed by atoms with Crippen LogP contribution < -0.4 is 0 Å². The van der Waals surface area contributed by atoms with Crippen molar-refractivity contribution in [2.24, 2.45) is 5.92 Å². The standard InChI is InChI=1S/C22H26N4O3/c1-3-29-22(28)17-7-6-12-25(14-17)13-16-11-10-15(2)20(21(16)27)26-23-18-8-4-5-9-19(18)24-26/h4-5,8-11,17,27H,3,6-7,12-14H2,1-2H3. The second kappa shape index (κ2) is 8.21. The molecule has 2 aromatic carbocycles. The Morgan fingerprint density at radius 1 is 1.21 bits per heavy atom. The number of fused-ring (bicyclic) bond motifs is 1. The smallest absolute Gasteiger partial charge is 0.310 e. The highest BCUT2D eigenvalue weighted by Gasteiger charge is 2.27. The number of hydrogen-bond donors (Lipinski definition) is 1. The molecule has 0 bridgehead atoms. The summed E-state index contributed by atoms with van der Waals surface area (Å²) in [4.78, 5) is 15.8. The maximum Gasteiger partial charge on any atom is 0.310 e. The molecule has 7 heteroatoms. The van der Waals surface area contributed by atoms with Crippen LogP contribution in [0.1, 0.15) is 30.9 Å². The van der Waals surface area contributed by atoms with E-state index in [-0.39, 0.29) is 17.6 Å². The molecule has 7 nitrogen and oxygen atoms in total. The van der Waals surface area contributed by atoms with E-state index in [1.54, 1.807) is 0 Å². The predicted molar refractivity (Wildman–Crippen MR) is 110 cm³/mol. The van der Waals surface area contributed by atoms with Gasteiger partial charge in [-0.05, 0) is 50.9 Å². The molecular formula is C22H26N4O3. The highest BCUT2D eigenvalue weighted by molar-refractivity contribution is 5.74. The van der Waals surface area contributed by atoms with Gasteiger partial charge in [0.25, 0.3) is 0 Å². The fraction of sp³-hybridized carbons (Fsp3) is 0.409. The molecule has 1 N–H and O–H groups in total. The second-order valence-electron chi connectivity index (χ2n) is 7.54. The largest absolute Gasteiger partial charge is 0.505 e. The topological polar surface area (TPSA) is 80.5 Å². The second-order valence-corrected chi connectivity index (χ2v) is 7.54. The molecule has 1 atom stereocenters. The third-order valence-corrected chi connectivity index (χ3v) is 5.44. The first-order chi connectivity index (χ1) is 14.1. The molecule has 0 radical (unpaired) electrons. The maximum atomic E-state index is 12.1. The highest BCUT2D eigenvalue weighted by Crippen LogP contribution is 2.31. The first-order valence-corrected chi connectivity index (χ1v) is 10.1. The SMILES string of the molecule is CCOC(=O)C1CCCN(Cc2ccc(C)c(-n3nc4ccccc4n3)c2O)C1. The monoisotopic (exact) mass is 394 g/mol. The van der Waals surface area contributed by atoms with E-state index in [0.717, 1.165) is 41.5 Å². The lowest BCUT2D eigenvalue weighted by Crippen LogP contribution is -2.39. The normalized spacial score (nSPS) is 17.5. The van der Waals surface area contributed by atoms with E-state index in [2.05, 4.69) is 15.1 Å². The Balaban J connectivity index is 1.59. The van der Waals surface area contributed by atoms with Gasteiger partial charge in [0.15, 0.2) is 0 Å². The molecule has 0 spiro atoms. The van der Waals surface area contributed by atoms with Gasteiger partial charge in [-0.25, -0.2) is 0 Å². The first-order valence-electron chi connectivity index (χ1n) is 10.1. The molecule has 4 rings (SSSR count). The molecule has 1 unspecified atom stereocenters. The van der Waals surface area contributed by atoms with Crippen molar-refractivity contribution in [2.45, 2.75) is 33.2 Å². The summed E-state index contributed by atoms with van der Waals surface area (Å²) in [5.41, 5.74) is 3.86. The molecule has 1 aliphatic heterocycles. The van der Waals surface area contributed by atoms with Crippen LogP contribution in [0.4, 0.5) is 0 Å². The first kappa shape index (κ1) is 19.4. The van der Waals surface area contributed by atoms with Crippen LogP contribution in [-0.2, 0) is 16.1 Å². The number of benzene rings is 2. The van der Waals surface area contributed by atoms with Crippen LogP contribution >= 0.6 is 0 Å². The minimum atomic E-state index is -0.126. The summed E-state index contributed by atoms with van der Waals surface area (Å²) in [7, 11) is 0. The molecule has 1 aliphatic rings. The number of likely N-dealkylation sites (tertiary alicyclic amines) is 1. The summed E-state index contributed by atoms with van der Waals surface area (Å²) in [6.45, 7) is 6.27. The minimum Gasteiger partial charge on any atom is -0.505 e. The molecule has 1 saturated heterocycles. The van der Waals surface area contributed by atoms with E-state index in [9.17, 15) is 9.90 Å². The van der Waals surface area contributed by atoms with Gasteiger partial charge in [-0.3, -0.25) is 9.69 Å². The summed E-state index contributed by atoms with van der Waals surface area (Å²) >= 11 is 0. The van der Waals surface area contributed by atoms with E-state index >= 15 is 0 Å². The number of phenols is 1. The number of phenolic OH excluding ortho intramolecular Hbond substituents is 1. The number of ether oxygens (including phenoxy) is 1. The quantitative estimate of drug-likeness (QED) is 0.670. The van der Waals surface area contributed by atoms with E-state index in [1.165, 1.54) is 4.80 Å². The molecular weight excluding hydrogens is 368 g/mol. The van der Waals surface area contributed by atoms with Crippen LogP contribution in [0.5, 0.6) is 5.75 Å². The number of aromatic hydroxyl groups is 1. The van der Waals surface area contributed by atoms with Crippen LogP contribution in [-0.4, -0.2) is 50.7 Å². The maximum absolute atomic E-state index is 12.1. The van der Waals surface area contributed by atoms with Crippen molar-refractivity contribution >= 4 is 17.0 Å². The third kappa shape index (κ3) is 3.96. The molecule has 1 fully saturated rings. The van der Waals surface area contributed by atoms with Crippen LogP contribution in [0.3, 0.4) is 0 Å². The van der Waals surface area contributed by atoms with Gasteiger partial charge in [0, 0.05) is 18.7 Å². The number of nitrogens with zero attached hydrogens (tertiary/aromatic N) is 4. The fourth-order valence-electron chi connectivity index (χ4n) is 3.95. The molecule has 0 aliphatic carbocycles. The van der Waals surface area contributed by atoms with Gasteiger partial charge >= 0.3 is 5.97 Å². The molecule has 0 amide bonds. The van der Waals surface area contributed by atoms with Gasteiger partial charge in [-0.2, -0.15) is 0 Å². The van der Waals surface area contributed by atoms with Crippen LogP contribution in [0.2, 0.25) is 0 Å². The molecule has 152 valence electrons. The van der Waals surface area contributed by atoms with Gasteiger partial charge in [0.1, 0.15) is 22.5 Å². The number of aromatic nitrogens is 3. The predicted octanol–water partition coefficient (Wildman–Crippen LogP) is 3.21. The Kier molecular flexibility index (Phi) is 5.49. The number of piperidine rings is 1. The zero-order valence-electron chi connectivity index (χ0n) is 16.8. The Morgan fingerprint density at radius 2 is 1.93 bits per heavy atom. The molecule has 2 heterocycles. The minimum absolute atomic E-state index is 0.103. The van der Waals surface area contributed by atoms with Gasteiger partial charge < -0.3 is 9.84 Å². The average Bonchev–Trinajstić information content (AvgIpc) is 3.14. The molecule has 1 aromatic heterocycles. The van der Waals surface area contributed by atoms with Crippen molar-refractivity contribution in [3.05, 3.63) is 47.5 Å². The van der Waals surface area contributed by atoms with Crippen molar-refractivity contribution in [1.29, 1.82) is 0 Å². The van der Waals surface area contributed by atoms with Gasteiger partial charge in [0.05, 0.1) is 12.5 Å². The Morgan fingerprint density at radius 3 is 2.62 bits per heavy atom. The van der Waals surface area contributed by atoms with Crippen molar-refractivity contribution in [2.75, 3.05) is 19.7 Å². The van der Waals surface area contributed by atoms with Crippen LogP contribution in [0.15, 0.2) is 36.4 Å². The van der Waals surface area contributed by atoms with Crippen LogP contribution in [0.25, 0.3) is 16.7 Å². The summed E-state index contributed by atoms with van der Waals surface area (Å²) in [6.07, 6.45) is 1.79. The van der Waals surface area contributed by atoms with Crippen molar-refractivity contribution in [1.82, 2.24) is 19.9 Å². The summed E-state index contributed by atoms with van der Waals surface area (Å²) in [5.74, 6) is -0.0455. The number of esters is 1. The molecule has 0 saturated carbocycles. The van der Waals surface area contributed by atoms with E-state index in [4.69, 9.17) is 4.74 Å².